The lowest BCUT2D eigenvalue weighted by Crippen LogP contribution is -2.51. The van der Waals surface area contributed by atoms with Gasteiger partial charge in [0.2, 0.25) is 5.91 Å². The number of rotatable bonds is 6. The Morgan fingerprint density at radius 1 is 1.15 bits per heavy atom. The lowest BCUT2D eigenvalue weighted by molar-refractivity contribution is -0.124. The van der Waals surface area contributed by atoms with Crippen molar-refractivity contribution in [3.05, 3.63) is 35.4 Å². The van der Waals surface area contributed by atoms with Gasteiger partial charge in [0, 0.05) is 13.7 Å². The predicted molar refractivity (Wildman–Crippen MR) is 81.6 cm³/mol. The van der Waals surface area contributed by atoms with Gasteiger partial charge in [-0.3, -0.25) is 10.1 Å². The normalized spacial score (nSPS) is 14.8. The number of nitrogens with two attached hydrogens (primary N) is 1. The van der Waals surface area contributed by atoms with Crippen molar-refractivity contribution in [1.82, 2.24) is 5.32 Å². The van der Waals surface area contributed by atoms with E-state index in [2.05, 4.69) is 38.2 Å². The van der Waals surface area contributed by atoms with Crippen LogP contribution in [-0.2, 0) is 20.5 Å². The summed E-state index contributed by atoms with van der Waals surface area (Å²) in [7, 11) is 1.63. The highest BCUT2D eigenvalue weighted by atomic mass is 16.5. The lowest BCUT2D eigenvalue weighted by Gasteiger charge is -2.29. The number of amides is 1. The Morgan fingerprint density at radius 3 is 2.05 bits per heavy atom. The Labute approximate surface area is 121 Å². The fourth-order valence-electron chi connectivity index (χ4n) is 2.04. The molecule has 0 heterocycles. The molecule has 4 heteroatoms. The van der Waals surface area contributed by atoms with Gasteiger partial charge in [0.05, 0.1) is 6.61 Å². The molecule has 112 valence electrons. The molecule has 1 unspecified atom stereocenters. The molecule has 20 heavy (non-hydrogen) atoms. The van der Waals surface area contributed by atoms with E-state index in [0.29, 0.717) is 13.2 Å². The van der Waals surface area contributed by atoms with E-state index in [1.165, 1.54) is 5.56 Å². The number of methoxy groups -OCH3 is 1. The standard InChI is InChI=1S/C16H26N2O2/c1-15(2,3)12-6-8-13(9-7-12)16(4,14(17)19)18-10-11-20-5/h6-9,18H,10-11H2,1-5H3,(H2,17,19). The molecule has 1 atom stereocenters. The second kappa shape index (κ2) is 6.37. The van der Waals surface area contributed by atoms with Crippen molar-refractivity contribution in [3.8, 4) is 0 Å². The number of ether oxygens (including phenoxy) is 1. The summed E-state index contributed by atoms with van der Waals surface area (Å²) in [6.45, 7) is 9.38. The topological polar surface area (TPSA) is 64.3 Å². The monoisotopic (exact) mass is 278 g/mol. The molecule has 0 radical (unpaired) electrons. The lowest BCUT2D eigenvalue weighted by atomic mass is 9.84. The maximum atomic E-state index is 11.8. The molecule has 4 nitrogen and oxygen atoms in total. The van der Waals surface area contributed by atoms with Crippen molar-refractivity contribution < 1.29 is 9.53 Å². The van der Waals surface area contributed by atoms with E-state index >= 15 is 0 Å². The summed E-state index contributed by atoms with van der Waals surface area (Å²) < 4.78 is 5.00. The summed E-state index contributed by atoms with van der Waals surface area (Å²) in [5.41, 5.74) is 6.87. The van der Waals surface area contributed by atoms with Crippen LogP contribution >= 0.6 is 0 Å². The van der Waals surface area contributed by atoms with Gasteiger partial charge in [-0.25, -0.2) is 0 Å². The highest BCUT2D eigenvalue weighted by Crippen LogP contribution is 2.26. The Balaban J connectivity index is 3.01. The van der Waals surface area contributed by atoms with Crippen LogP contribution in [-0.4, -0.2) is 26.2 Å². The van der Waals surface area contributed by atoms with Crippen molar-refractivity contribution in [1.29, 1.82) is 0 Å². The second-order valence-corrected chi connectivity index (χ2v) is 6.24. The minimum atomic E-state index is -0.880. The zero-order chi connectivity index (χ0) is 15.4. The first kappa shape index (κ1) is 16.7. The summed E-state index contributed by atoms with van der Waals surface area (Å²) in [5, 5.41) is 3.17. The summed E-state index contributed by atoms with van der Waals surface area (Å²) >= 11 is 0. The molecular formula is C16H26N2O2. The third kappa shape index (κ3) is 3.81. The Hall–Kier alpha value is -1.39. The van der Waals surface area contributed by atoms with Gasteiger partial charge in [-0.15, -0.1) is 0 Å². The SMILES string of the molecule is COCCNC(C)(C(N)=O)c1ccc(C(C)(C)C)cc1. The fourth-order valence-corrected chi connectivity index (χ4v) is 2.04. The van der Waals surface area contributed by atoms with Crippen LogP contribution in [0.4, 0.5) is 0 Å². The first-order valence-corrected chi connectivity index (χ1v) is 6.86. The van der Waals surface area contributed by atoms with Gasteiger partial charge in [0.25, 0.3) is 0 Å². The zero-order valence-electron chi connectivity index (χ0n) is 13.1. The van der Waals surface area contributed by atoms with E-state index in [9.17, 15) is 4.79 Å². The number of carbonyl (C=O) groups is 1. The van der Waals surface area contributed by atoms with Crippen LogP contribution in [0.1, 0.15) is 38.8 Å². The second-order valence-electron chi connectivity index (χ2n) is 6.24. The molecule has 3 N–H and O–H groups in total. The Bertz CT molecular complexity index is 449. The first-order valence-electron chi connectivity index (χ1n) is 6.86. The fraction of sp³-hybridized carbons (Fsp3) is 0.562. The number of primary amides is 1. The van der Waals surface area contributed by atoms with Crippen molar-refractivity contribution in [2.24, 2.45) is 5.73 Å². The number of benzene rings is 1. The average Bonchev–Trinajstić information content (AvgIpc) is 2.37. The van der Waals surface area contributed by atoms with Crippen molar-refractivity contribution in [2.75, 3.05) is 20.3 Å². The number of carbonyl (C=O) groups excluding carboxylic acids is 1. The van der Waals surface area contributed by atoms with Crippen LogP contribution in [0, 0.1) is 0 Å². The number of nitrogens with one attached hydrogen (secondary N) is 1. The number of hydrogen-bond acceptors (Lipinski definition) is 3. The van der Waals surface area contributed by atoms with E-state index < -0.39 is 11.4 Å². The average molecular weight is 278 g/mol. The maximum absolute atomic E-state index is 11.8. The molecule has 0 spiro atoms. The molecule has 1 rings (SSSR count). The van der Waals surface area contributed by atoms with Crippen LogP contribution < -0.4 is 11.1 Å². The molecule has 0 saturated carbocycles. The largest absolute Gasteiger partial charge is 0.383 e. The van der Waals surface area contributed by atoms with Crippen LogP contribution in [0.3, 0.4) is 0 Å². The van der Waals surface area contributed by atoms with Crippen LogP contribution in [0.5, 0.6) is 0 Å². The van der Waals surface area contributed by atoms with Crippen LogP contribution in [0.25, 0.3) is 0 Å². The van der Waals surface area contributed by atoms with Crippen molar-refractivity contribution >= 4 is 5.91 Å². The predicted octanol–water partition coefficient (Wildman–Crippen LogP) is 1.92. The van der Waals surface area contributed by atoms with Gasteiger partial charge in [-0.1, -0.05) is 45.0 Å². The van der Waals surface area contributed by atoms with Gasteiger partial charge >= 0.3 is 0 Å². The molecule has 1 aromatic carbocycles. The maximum Gasteiger partial charge on any atom is 0.242 e. The van der Waals surface area contributed by atoms with Gasteiger partial charge in [-0.05, 0) is 23.5 Å². The van der Waals surface area contributed by atoms with Gasteiger partial charge < -0.3 is 10.5 Å². The summed E-state index contributed by atoms with van der Waals surface area (Å²) in [4.78, 5) is 11.8. The molecule has 0 saturated heterocycles. The molecule has 0 aliphatic heterocycles. The molecule has 0 aliphatic rings. The van der Waals surface area contributed by atoms with Crippen molar-refractivity contribution in [2.45, 2.75) is 38.6 Å². The summed E-state index contributed by atoms with van der Waals surface area (Å²) in [6, 6.07) is 8.03. The van der Waals surface area contributed by atoms with E-state index in [-0.39, 0.29) is 5.41 Å². The van der Waals surface area contributed by atoms with Gasteiger partial charge in [0.15, 0.2) is 0 Å². The minimum absolute atomic E-state index is 0.0884. The van der Waals surface area contributed by atoms with E-state index in [1.807, 2.05) is 12.1 Å². The zero-order valence-corrected chi connectivity index (χ0v) is 13.1. The third-order valence-electron chi connectivity index (χ3n) is 3.61. The van der Waals surface area contributed by atoms with E-state index in [1.54, 1.807) is 14.0 Å². The van der Waals surface area contributed by atoms with E-state index in [0.717, 1.165) is 5.56 Å². The third-order valence-corrected chi connectivity index (χ3v) is 3.61. The highest BCUT2D eigenvalue weighted by Gasteiger charge is 2.32. The summed E-state index contributed by atoms with van der Waals surface area (Å²) in [5.74, 6) is -0.392. The smallest absolute Gasteiger partial charge is 0.242 e. The first-order chi connectivity index (χ1) is 9.21. The number of hydrogen-bond donors (Lipinski definition) is 2. The van der Waals surface area contributed by atoms with Gasteiger partial charge in [-0.2, -0.15) is 0 Å². The molecule has 0 bridgehead atoms. The van der Waals surface area contributed by atoms with Gasteiger partial charge in [0.1, 0.15) is 5.54 Å². The molecular weight excluding hydrogens is 252 g/mol. The van der Waals surface area contributed by atoms with E-state index in [4.69, 9.17) is 10.5 Å². The molecule has 0 aromatic heterocycles. The highest BCUT2D eigenvalue weighted by molar-refractivity contribution is 5.85. The molecule has 0 fully saturated rings. The minimum Gasteiger partial charge on any atom is -0.383 e. The van der Waals surface area contributed by atoms with Crippen LogP contribution in [0.15, 0.2) is 24.3 Å². The Kier molecular flexibility index (Phi) is 5.31. The van der Waals surface area contributed by atoms with Crippen molar-refractivity contribution in [3.63, 3.8) is 0 Å². The molecule has 1 aromatic rings. The summed E-state index contributed by atoms with van der Waals surface area (Å²) in [6.07, 6.45) is 0. The molecule has 0 aliphatic carbocycles. The molecule has 1 amide bonds. The quantitative estimate of drug-likeness (QED) is 0.781. The Morgan fingerprint density at radius 2 is 1.65 bits per heavy atom. The van der Waals surface area contributed by atoms with Crippen LogP contribution in [0.2, 0.25) is 0 Å².